The molecule has 6 rings (SSSR count). The lowest BCUT2D eigenvalue weighted by Gasteiger charge is -2.15. The van der Waals surface area contributed by atoms with E-state index in [1.165, 1.54) is 0 Å². The van der Waals surface area contributed by atoms with Crippen molar-refractivity contribution in [2.45, 2.75) is 32.9 Å². The number of fused-ring (bicyclic) bond motifs is 4. The van der Waals surface area contributed by atoms with E-state index in [1.54, 1.807) is 0 Å². The van der Waals surface area contributed by atoms with Crippen LogP contribution in [-0.2, 0) is 16.1 Å². The van der Waals surface area contributed by atoms with Gasteiger partial charge in [-0.15, -0.1) is 10.2 Å². The van der Waals surface area contributed by atoms with Gasteiger partial charge in [-0.3, -0.25) is 14.4 Å². The first-order valence-corrected chi connectivity index (χ1v) is 12.9. The normalized spacial score (nSPS) is 15.8. The van der Waals surface area contributed by atoms with Gasteiger partial charge in [0.05, 0.1) is 24.4 Å². The van der Waals surface area contributed by atoms with Gasteiger partial charge in [-0.2, -0.15) is 0 Å². The predicted octanol–water partition coefficient (Wildman–Crippen LogP) is 3.53. The number of rotatable bonds is 5. The summed E-state index contributed by atoms with van der Waals surface area (Å²) in [5.41, 5.74) is 7.05. The third-order valence-corrected chi connectivity index (χ3v) is 7.19. The zero-order valence-corrected chi connectivity index (χ0v) is 21.7. The van der Waals surface area contributed by atoms with Crippen LogP contribution >= 0.6 is 11.6 Å². The monoisotopic (exact) mass is 525 g/mol. The van der Waals surface area contributed by atoms with Gasteiger partial charge in [0, 0.05) is 22.7 Å². The zero-order chi connectivity index (χ0) is 26.4. The summed E-state index contributed by atoms with van der Waals surface area (Å²) in [6.07, 6.45) is 0.145. The van der Waals surface area contributed by atoms with Gasteiger partial charge < -0.3 is 15.0 Å². The Kier molecular flexibility index (Phi) is 6.35. The molecular weight excluding hydrogens is 501 g/mol. The number of nitrogens with one attached hydrogen (secondary N) is 1. The summed E-state index contributed by atoms with van der Waals surface area (Å²) < 4.78 is 7.37. The Balaban J connectivity index is 1.55. The summed E-state index contributed by atoms with van der Waals surface area (Å²) in [5, 5.41) is 22.5. The van der Waals surface area contributed by atoms with Crippen LogP contribution < -0.4 is 10.8 Å². The number of hydrogen-bond acceptors (Lipinski definition) is 6. The highest BCUT2D eigenvalue weighted by atomic mass is 35.5. The van der Waals surface area contributed by atoms with E-state index < -0.39 is 13.2 Å². The number of carbonyl (C=O) groups excluding carboxylic acids is 1. The average Bonchev–Trinajstić information content (AvgIpc) is 3.45. The van der Waals surface area contributed by atoms with Crippen molar-refractivity contribution in [1.82, 2.24) is 20.1 Å². The third kappa shape index (κ3) is 4.32. The summed E-state index contributed by atoms with van der Waals surface area (Å²) >= 11 is 6.21. The first-order valence-electron chi connectivity index (χ1n) is 12.5. The minimum absolute atomic E-state index is 0.102. The van der Waals surface area contributed by atoms with E-state index in [2.05, 4.69) is 21.6 Å². The minimum Gasteiger partial charge on any atom is -0.423 e. The van der Waals surface area contributed by atoms with Gasteiger partial charge in [-0.25, -0.2) is 0 Å². The molecule has 4 aromatic rings. The van der Waals surface area contributed by atoms with E-state index >= 15 is 0 Å². The van der Waals surface area contributed by atoms with Crippen molar-refractivity contribution in [3.63, 3.8) is 0 Å². The lowest BCUT2D eigenvalue weighted by molar-refractivity contribution is -0.121. The third-order valence-electron chi connectivity index (χ3n) is 6.94. The van der Waals surface area contributed by atoms with Gasteiger partial charge in [-0.1, -0.05) is 48.0 Å². The van der Waals surface area contributed by atoms with Crippen molar-refractivity contribution >= 4 is 35.8 Å². The Morgan fingerprint density at radius 3 is 2.63 bits per heavy atom. The van der Waals surface area contributed by atoms with E-state index in [0.717, 1.165) is 44.7 Å². The van der Waals surface area contributed by atoms with E-state index in [4.69, 9.17) is 21.2 Å². The maximum absolute atomic E-state index is 12.7. The number of benzene rings is 3. The molecule has 0 saturated heterocycles. The van der Waals surface area contributed by atoms with Crippen LogP contribution in [0.4, 0.5) is 0 Å². The van der Waals surface area contributed by atoms with Crippen LogP contribution in [0, 0.1) is 6.92 Å². The first kappa shape index (κ1) is 24.5. The standard InChI is InChI=1S/C28H25BClN5O3/c1-3-31-26(36)14-24-28-34-33-16(2)35(28)25-11-8-18(19-4-5-20-15-38-29(37)23(20)13-19)12-22(25)27(32-24)17-6-9-21(30)10-7-17/h4-13,24,37H,3,14-15H2,1-2H3,(H,31,36)/t24-/m0/s1. The molecule has 1 aromatic heterocycles. The molecule has 0 aliphatic carbocycles. The molecular formula is C28H25BClN5O3. The van der Waals surface area contributed by atoms with Gasteiger partial charge in [0.25, 0.3) is 0 Å². The molecule has 1 amide bonds. The number of halogens is 1. The molecule has 38 heavy (non-hydrogen) atoms. The smallest absolute Gasteiger partial charge is 0.423 e. The van der Waals surface area contributed by atoms with Crippen molar-refractivity contribution < 1.29 is 14.5 Å². The van der Waals surface area contributed by atoms with E-state index in [1.807, 2.05) is 73.0 Å². The highest BCUT2D eigenvalue weighted by molar-refractivity contribution is 6.61. The number of amides is 1. The molecule has 0 unspecified atom stereocenters. The van der Waals surface area contributed by atoms with Crippen LogP contribution in [0.25, 0.3) is 16.8 Å². The van der Waals surface area contributed by atoms with Crippen LogP contribution in [0.2, 0.25) is 5.02 Å². The summed E-state index contributed by atoms with van der Waals surface area (Å²) in [7, 11) is -0.922. The van der Waals surface area contributed by atoms with Gasteiger partial charge >= 0.3 is 7.12 Å². The second-order valence-corrected chi connectivity index (χ2v) is 9.84. The zero-order valence-electron chi connectivity index (χ0n) is 21.0. The van der Waals surface area contributed by atoms with Crippen molar-refractivity contribution in [2.24, 2.45) is 4.99 Å². The van der Waals surface area contributed by atoms with E-state index in [0.29, 0.717) is 29.8 Å². The Morgan fingerprint density at radius 1 is 1.11 bits per heavy atom. The van der Waals surface area contributed by atoms with Crippen molar-refractivity contribution in [3.05, 3.63) is 94.0 Å². The van der Waals surface area contributed by atoms with Crippen LogP contribution in [-0.4, -0.2) is 45.1 Å². The van der Waals surface area contributed by atoms with Crippen LogP contribution in [0.5, 0.6) is 0 Å². The number of carbonyl (C=O) groups is 1. The van der Waals surface area contributed by atoms with Gasteiger partial charge in [0.2, 0.25) is 5.91 Å². The second-order valence-electron chi connectivity index (χ2n) is 9.41. The number of aryl methyl sites for hydroxylation is 1. The molecule has 2 aliphatic rings. The maximum Gasteiger partial charge on any atom is 0.491 e. The van der Waals surface area contributed by atoms with Gasteiger partial charge in [-0.05, 0) is 60.3 Å². The lowest BCUT2D eigenvalue weighted by Crippen LogP contribution is -2.28. The molecule has 0 fully saturated rings. The number of nitrogens with zero attached hydrogens (tertiary/aromatic N) is 4. The molecule has 0 bridgehead atoms. The Bertz CT molecular complexity index is 1580. The minimum atomic E-state index is -0.922. The molecule has 190 valence electrons. The molecule has 2 aliphatic heterocycles. The SMILES string of the molecule is CCNC(=O)C[C@@H]1N=C(c2ccc(Cl)cc2)c2cc(-c3ccc4c(c3)B(O)OC4)ccc2-n2c(C)nnc21. The van der Waals surface area contributed by atoms with Crippen LogP contribution in [0.15, 0.2) is 65.7 Å². The summed E-state index contributed by atoms with van der Waals surface area (Å²) in [6.45, 7) is 4.72. The molecule has 3 heterocycles. The quantitative estimate of drug-likeness (QED) is 0.388. The maximum atomic E-state index is 12.7. The first-order chi connectivity index (χ1) is 18.4. The molecule has 0 spiro atoms. The predicted molar refractivity (Wildman–Crippen MR) is 147 cm³/mol. The summed E-state index contributed by atoms with van der Waals surface area (Å²) in [6, 6.07) is 19.2. The summed E-state index contributed by atoms with van der Waals surface area (Å²) in [4.78, 5) is 17.8. The second kappa shape index (κ2) is 9.83. The fraction of sp³-hybridized carbons (Fsp3) is 0.214. The van der Waals surface area contributed by atoms with Crippen molar-refractivity contribution in [1.29, 1.82) is 0 Å². The fourth-order valence-electron chi connectivity index (χ4n) is 5.09. The molecule has 2 N–H and O–H groups in total. The highest BCUT2D eigenvalue weighted by Gasteiger charge is 2.31. The summed E-state index contributed by atoms with van der Waals surface area (Å²) in [5.74, 6) is 1.22. The molecule has 1 atom stereocenters. The molecule has 10 heteroatoms. The molecule has 0 saturated carbocycles. The van der Waals surface area contributed by atoms with Gasteiger partial charge in [0.1, 0.15) is 11.9 Å². The number of aromatic nitrogens is 3. The van der Waals surface area contributed by atoms with Gasteiger partial charge in [0.15, 0.2) is 5.82 Å². The van der Waals surface area contributed by atoms with Crippen molar-refractivity contribution in [2.75, 3.05) is 6.54 Å². The van der Waals surface area contributed by atoms with Crippen LogP contribution in [0.3, 0.4) is 0 Å². The fourth-order valence-corrected chi connectivity index (χ4v) is 5.22. The Hall–Kier alpha value is -3.79. The molecule has 3 aromatic carbocycles. The largest absolute Gasteiger partial charge is 0.491 e. The van der Waals surface area contributed by atoms with Crippen LogP contribution in [0.1, 0.15) is 47.7 Å². The topological polar surface area (TPSA) is 102 Å². The highest BCUT2D eigenvalue weighted by Crippen LogP contribution is 2.35. The van der Waals surface area contributed by atoms with E-state index in [-0.39, 0.29) is 12.3 Å². The molecule has 8 nitrogen and oxygen atoms in total. The Morgan fingerprint density at radius 2 is 1.84 bits per heavy atom. The molecule has 0 radical (unpaired) electrons. The van der Waals surface area contributed by atoms with Crippen molar-refractivity contribution in [3.8, 4) is 16.8 Å². The average molecular weight is 526 g/mol. The Labute approximate surface area is 225 Å². The number of hydrogen-bond donors (Lipinski definition) is 2. The lowest BCUT2D eigenvalue weighted by atomic mass is 9.78. The van der Waals surface area contributed by atoms with E-state index in [9.17, 15) is 9.82 Å². The number of aliphatic imine (C=N–C) groups is 1.